The van der Waals surface area contributed by atoms with E-state index < -0.39 is 6.04 Å². The number of rotatable bonds is 10. The zero-order chi connectivity index (χ0) is 28.5. The van der Waals surface area contributed by atoms with Crippen LogP contribution < -0.4 is 10.1 Å². The molecule has 1 aliphatic carbocycles. The van der Waals surface area contributed by atoms with E-state index in [0.717, 1.165) is 46.8 Å². The van der Waals surface area contributed by atoms with Gasteiger partial charge >= 0.3 is 0 Å². The number of carbonyl (C=O) groups is 2. The molecule has 212 valence electrons. The van der Waals surface area contributed by atoms with Gasteiger partial charge < -0.3 is 15.0 Å². The van der Waals surface area contributed by atoms with Crippen molar-refractivity contribution in [1.82, 2.24) is 10.2 Å². The molecule has 0 saturated heterocycles. The molecule has 0 heterocycles. The summed E-state index contributed by atoms with van der Waals surface area (Å²) in [7, 11) is 0. The minimum absolute atomic E-state index is 0.101. The Bertz CT molecular complexity index is 1250. The van der Waals surface area contributed by atoms with Gasteiger partial charge in [-0.1, -0.05) is 117 Å². The molecule has 40 heavy (non-hydrogen) atoms. The van der Waals surface area contributed by atoms with E-state index in [9.17, 15) is 9.59 Å². The maximum atomic E-state index is 14.0. The Morgan fingerprint density at radius 1 is 0.900 bits per heavy atom. The summed E-state index contributed by atoms with van der Waals surface area (Å²) in [5, 5.41) is 3.29. The first-order valence-electron chi connectivity index (χ1n) is 14.3. The number of nitrogens with zero attached hydrogens (tertiary/aromatic N) is 1. The summed E-state index contributed by atoms with van der Waals surface area (Å²) in [5.74, 6) is 0.376. The highest BCUT2D eigenvalue weighted by molar-refractivity contribution is 9.10. The Kier molecular flexibility index (Phi) is 10.4. The normalized spacial score (nSPS) is 14.8. The molecule has 3 aromatic rings. The van der Waals surface area contributed by atoms with Crippen molar-refractivity contribution < 1.29 is 14.3 Å². The molecule has 0 spiro atoms. The molecule has 1 fully saturated rings. The lowest BCUT2D eigenvalue weighted by Crippen LogP contribution is -2.53. The number of hydrogen-bond acceptors (Lipinski definition) is 3. The van der Waals surface area contributed by atoms with E-state index in [-0.39, 0.29) is 29.9 Å². The highest BCUT2D eigenvalue weighted by atomic mass is 79.9. The van der Waals surface area contributed by atoms with Gasteiger partial charge in [-0.2, -0.15) is 0 Å². The Morgan fingerprint density at radius 2 is 1.55 bits per heavy atom. The van der Waals surface area contributed by atoms with Crippen molar-refractivity contribution >= 4 is 27.7 Å². The predicted octanol–water partition coefficient (Wildman–Crippen LogP) is 7.21. The number of nitrogens with one attached hydrogen (secondary N) is 1. The molecule has 0 bridgehead atoms. The Hall–Kier alpha value is -3.12. The Balaban J connectivity index is 1.63. The number of para-hydroxylation sites is 1. The van der Waals surface area contributed by atoms with Crippen LogP contribution in [0.5, 0.6) is 5.75 Å². The summed E-state index contributed by atoms with van der Waals surface area (Å²) >= 11 is 3.50. The van der Waals surface area contributed by atoms with Crippen molar-refractivity contribution in [3.8, 4) is 5.75 Å². The maximum absolute atomic E-state index is 14.0. The summed E-state index contributed by atoms with van der Waals surface area (Å²) in [6.45, 7) is 6.55. The second kappa shape index (κ2) is 14.0. The van der Waals surface area contributed by atoms with Crippen LogP contribution in [-0.4, -0.2) is 35.4 Å². The molecule has 1 N–H and O–H groups in total. The van der Waals surface area contributed by atoms with E-state index in [1.807, 2.05) is 78.9 Å². The van der Waals surface area contributed by atoms with Crippen LogP contribution in [0, 0.1) is 0 Å². The van der Waals surface area contributed by atoms with Gasteiger partial charge in [-0.05, 0) is 53.1 Å². The van der Waals surface area contributed by atoms with Crippen LogP contribution in [0.15, 0.2) is 83.3 Å². The molecule has 1 unspecified atom stereocenters. The van der Waals surface area contributed by atoms with E-state index in [2.05, 4.69) is 42.0 Å². The van der Waals surface area contributed by atoms with Gasteiger partial charge in [0.1, 0.15) is 11.8 Å². The van der Waals surface area contributed by atoms with Crippen molar-refractivity contribution in [3.63, 3.8) is 0 Å². The van der Waals surface area contributed by atoms with Gasteiger partial charge in [-0.25, -0.2) is 0 Å². The van der Waals surface area contributed by atoms with Gasteiger partial charge in [-0.15, -0.1) is 0 Å². The quantitative estimate of drug-likeness (QED) is 0.266. The summed E-state index contributed by atoms with van der Waals surface area (Å²) in [4.78, 5) is 29.6. The van der Waals surface area contributed by atoms with Crippen LogP contribution in [-0.2, 0) is 28.0 Å². The third-order valence-corrected chi connectivity index (χ3v) is 8.06. The SMILES string of the molecule is CC(C)(C)c1ccccc1OCC(=O)N(Cc1ccc(Br)cc1)C(Cc1ccccc1)C(=O)NC1CCCCC1. The standard InChI is InChI=1S/C34H41BrN2O3/c1-34(2,3)29-16-10-11-17-31(29)40-24-32(38)37(23-26-18-20-27(35)21-19-26)30(22-25-12-6-4-7-13-25)33(39)36-28-14-8-5-9-15-28/h4,6-7,10-13,16-21,28,30H,5,8-9,14-15,22-24H2,1-3H3,(H,36,39). The van der Waals surface area contributed by atoms with Gasteiger partial charge in [-0.3, -0.25) is 9.59 Å². The number of halogens is 1. The zero-order valence-electron chi connectivity index (χ0n) is 23.9. The molecule has 1 aliphatic rings. The Morgan fingerprint density at radius 3 is 2.23 bits per heavy atom. The molecule has 3 aromatic carbocycles. The summed E-state index contributed by atoms with van der Waals surface area (Å²) < 4.78 is 7.13. The molecular weight excluding hydrogens is 564 g/mol. The minimum atomic E-state index is -0.665. The molecule has 0 radical (unpaired) electrons. The zero-order valence-corrected chi connectivity index (χ0v) is 25.5. The summed E-state index contributed by atoms with van der Waals surface area (Å²) in [5.41, 5.74) is 2.87. The van der Waals surface area contributed by atoms with Gasteiger partial charge in [0.25, 0.3) is 5.91 Å². The number of benzene rings is 3. The molecule has 6 heteroatoms. The number of hydrogen-bond donors (Lipinski definition) is 1. The number of carbonyl (C=O) groups excluding carboxylic acids is 2. The fourth-order valence-electron chi connectivity index (χ4n) is 5.32. The largest absolute Gasteiger partial charge is 0.483 e. The lowest BCUT2D eigenvalue weighted by atomic mass is 9.86. The van der Waals surface area contributed by atoms with Gasteiger partial charge in [0.15, 0.2) is 6.61 Å². The third-order valence-electron chi connectivity index (χ3n) is 7.54. The van der Waals surface area contributed by atoms with Crippen LogP contribution in [0.4, 0.5) is 0 Å². The van der Waals surface area contributed by atoms with E-state index in [0.29, 0.717) is 18.7 Å². The lowest BCUT2D eigenvalue weighted by Gasteiger charge is -2.33. The lowest BCUT2D eigenvalue weighted by molar-refractivity contribution is -0.143. The molecule has 1 saturated carbocycles. The summed E-state index contributed by atoms with van der Waals surface area (Å²) in [6.07, 6.45) is 5.85. The average molecular weight is 606 g/mol. The first kappa shape index (κ1) is 29.9. The first-order valence-corrected chi connectivity index (χ1v) is 15.1. The molecule has 5 nitrogen and oxygen atoms in total. The van der Waals surface area contributed by atoms with Crippen molar-refractivity contribution in [2.75, 3.05) is 6.61 Å². The van der Waals surface area contributed by atoms with E-state index in [1.165, 1.54) is 6.42 Å². The van der Waals surface area contributed by atoms with Crippen LogP contribution >= 0.6 is 15.9 Å². The highest BCUT2D eigenvalue weighted by Crippen LogP contribution is 2.31. The van der Waals surface area contributed by atoms with Crippen molar-refractivity contribution in [2.45, 2.75) is 83.3 Å². The molecule has 1 atom stereocenters. The van der Waals surface area contributed by atoms with Crippen LogP contribution in [0.3, 0.4) is 0 Å². The van der Waals surface area contributed by atoms with E-state index >= 15 is 0 Å². The molecule has 0 aliphatic heterocycles. The second-order valence-corrected chi connectivity index (χ2v) is 12.6. The smallest absolute Gasteiger partial charge is 0.261 e. The third kappa shape index (κ3) is 8.44. The van der Waals surface area contributed by atoms with Crippen LogP contribution in [0.1, 0.15) is 69.6 Å². The van der Waals surface area contributed by atoms with E-state index in [1.54, 1.807) is 4.90 Å². The van der Waals surface area contributed by atoms with Crippen LogP contribution in [0.2, 0.25) is 0 Å². The second-order valence-electron chi connectivity index (χ2n) is 11.7. The van der Waals surface area contributed by atoms with Crippen molar-refractivity contribution in [3.05, 3.63) is 100 Å². The van der Waals surface area contributed by atoms with Crippen molar-refractivity contribution in [1.29, 1.82) is 0 Å². The number of amides is 2. The van der Waals surface area contributed by atoms with Crippen molar-refractivity contribution in [2.24, 2.45) is 0 Å². The predicted molar refractivity (Wildman–Crippen MR) is 164 cm³/mol. The summed E-state index contributed by atoms with van der Waals surface area (Å²) in [6, 6.07) is 25.2. The van der Waals surface area contributed by atoms with Gasteiger partial charge in [0.2, 0.25) is 5.91 Å². The highest BCUT2D eigenvalue weighted by Gasteiger charge is 2.32. The first-order chi connectivity index (χ1) is 19.2. The van der Waals surface area contributed by atoms with E-state index in [4.69, 9.17) is 4.74 Å². The van der Waals surface area contributed by atoms with Gasteiger partial charge in [0, 0.05) is 23.5 Å². The molecule has 2 amide bonds. The Labute approximate surface area is 247 Å². The van der Waals surface area contributed by atoms with Crippen LogP contribution in [0.25, 0.3) is 0 Å². The fourth-order valence-corrected chi connectivity index (χ4v) is 5.58. The molecular formula is C34H41BrN2O3. The van der Waals surface area contributed by atoms with Gasteiger partial charge in [0.05, 0.1) is 0 Å². The maximum Gasteiger partial charge on any atom is 0.261 e. The fraction of sp³-hybridized carbons (Fsp3) is 0.412. The molecule has 4 rings (SSSR count). The monoisotopic (exact) mass is 604 g/mol. The number of ether oxygens (including phenoxy) is 1. The topological polar surface area (TPSA) is 58.6 Å². The minimum Gasteiger partial charge on any atom is -0.483 e. The average Bonchev–Trinajstić information content (AvgIpc) is 2.95. The molecule has 0 aromatic heterocycles.